The first-order valence-corrected chi connectivity index (χ1v) is 10.8. The summed E-state index contributed by atoms with van der Waals surface area (Å²) in [6, 6.07) is 10.2. The number of amides is 2. The van der Waals surface area contributed by atoms with Gasteiger partial charge < -0.3 is 15.0 Å². The maximum Gasteiger partial charge on any atom is 0.257 e. The quantitative estimate of drug-likeness (QED) is 0.822. The average Bonchev–Trinajstić information content (AvgIpc) is 3.21. The van der Waals surface area contributed by atoms with E-state index in [4.69, 9.17) is 4.74 Å². The summed E-state index contributed by atoms with van der Waals surface area (Å²) in [5.41, 5.74) is 1.43. The maximum absolute atomic E-state index is 13.0. The molecule has 2 aromatic rings. The van der Waals surface area contributed by atoms with Gasteiger partial charge in [0.2, 0.25) is 5.91 Å². The Balaban J connectivity index is 1.32. The van der Waals surface area contributed by atoms with E-state index in [1.807, 2.05) is 30.1 Å². The molecule has 1 aromatic heterocycles. The Labute approximate surface area is 177 Å². The molecule has 0 spiro atoms. The number of hydrogen-bond donors (Lipinski definition) is 1. The van der Waals surface area contributed by atoms with Crippen molar-refractivity contribution < 1.29 is 14.3 Å². The molecular formula is C23H30N4O3. The molecular weight excluding hydrogens is 380 g/mol. The van der Waals surface area contributed by atoms with Crippen LogP contribution < -0.4 is 5.32 Å². The Morgan fingerprint density at radius 1 is 1.17 bits per heavy atom. The van der Waals surface area contributed by atoms with Crippen molar-refractivity contribution in [2.24, 2.45) is 13.0 Å². The van der Waals surface area contributed by atoms with E-state index < -0.39 is 0 Å². The summed E-state index contributed by atoms with van der Waals surface area (Å²) in [5.74, 6) is 0.421. The number of carbonyl (C=O) groups is 2. The molecule has 3 heterocycles. The van der Waals surface area contributed by atoms with Gasteiger partial charge in [0.1, 0.15) is 0 Å². The van der Waals surface area contributed by atoms with Crippen LogP contribution in [0.1, 0.15) is 48.0 Å². The highest BCUT2D eigenvalue weighted by Crippen LogP contribution is 2.33. The number of rotatable bonds is 5. The molecule has 2 aliphatic heterocycles. The molecule has 2 amide bonds. The van der Waals surface area contributed by atoms with E-state index in [-0.39, 0.29) is 17.4 Å². The SMILES string of the molecule is Cn1cc(C(=O)N2CCC(CC(=O)NC3(c4ccccc4)CCOCC3)CC2)cn1. The number of aromatic nitrogens is 2. The second-order valence-corrected chi connectivity index (χ2v) is 8.45. The van der Waals surface area contributed by atoms with Gasteiger partial charge in [0, 0.05) is 46.0 Å². The topological polar surface area (TPSA) is 76.5 Å². The Morgan fingerprint density at radius 2 is 1.87 bits per heavy atom. The molecule has 2 fully saturated rings. The zero-order valence-corrected chi connectivity index (χ0v) is 17.5. The van der Waals surface area contributed by atoms with E-state index in [0.29, 0.717) is 44.2 Å². The zero-order valence-electron chi connectivity index (χ0n) is 17.5. The summed E-state index contributed by atoms with van der Waals surface area (Å²) in [5, 5.41) is 7.43. The molecule has 1 aromatic carbocycles. The van der Waals surface area contributed by atoms with Crippen molar-refractivity contribution in [3.8, 4) is 0 Å². The van der Waals surface area contributed by atoms with Crippen LogP contribution in [-0.2, 0) is 22.1 Å². The summed E-state index contributed by atoms with van der Waals surface area (Å²) < 4.78 is 7.20. The molecule has 2 saturated heterocycles. The van der Waals surface area contributed by atoms with E-state index in [2.05, 4.69) is 22.5 Å². The molecule has 2 aliphatic rings. The number of nitrogens with zero attached hydrogens (tertiary/aromatic N) is 3. The molecule has 0 aliphatic carbocycles. The number of nitrogens with one attached hydrogen (secondary N) is 1. The summed E-state index contributed by atoms with van der Waals surface area (Å²) >= 11 is 0. The van der Waals surface area contributed by atoms with Crippen LogP contribution in [-0.4, -0.2) is 52.8 Å². The molecule has 0 bridgehead atoms. The molecule has 0 saturated carbocycles. The van der Waals surface area contributed by atoms with Gasteiger partial charge in [0.05, 0.1) is 17.3 Å². The number of hydrogen-bond acceptors (Lipinski definition) is 4. The molecule has 7 nitrogen and oxygen atoms in total. The van der Waals surface area contributed by atoms with Crippen LogP contribution in [0, 0.1) is 5.92 Å². The Hall–Kier alpha value is -2.67. The van der Waals surface area contributed by atoms with Crippen molar-refractivity contribution in [3.05, 3.63) is 53.9 Å². The van der Waals surface area contributed by atoms with Crippen molar-refractivity contribution in [2.75, 3.05) is 26.3 Å². The first kappa shape index (κ1) is 20.6. The minimum absolute atomic E-state index is 0.0243. The van der Waals surface area contributed by atoms with Gasteiger partial charge in [-0.2, -0.15) is 5.10 Å². The van der Waals surface area contributed by atoms with Gasteiger partial charge in [-0.1, -0.05) is 30.3 Å². The Bertz CT molecular complexity index is 866. The van der Waals surface area contributed by atoms with Gasteiger partial charge in [0.25, 0.3) is 5.91 Å². The first-order valence-electron chi connectivity index (χ1n) is 10.8. The number of ether oxygens (including phenoxy) is 1. The number of benzene rings is 1. The normalized spacial score (nSPS) is 19.4. The maximum atomic E-state index is 13.0. The van der Waals surface area contributed by atoms with Gasteiger partial charge in [0.15, 0.2) is 0 Å². The molecule has 30 heavy (non-hydrogen) atoms. The van der Waals surface area contributed by atoms with Gasteiger partial charge in [-0.3, -0.25) is 14.3 Å². The molecule has 1 N–H and O–H groups in total. The van der Waals surface area contributed by atoms with Crippen molar-refractivity contribution in [1.29, 1.82) is 0 Å². The molecule has 0 radical (unpaired) electrons. The lowest BCUT2D eigenvalue weighted by Crippen LogP contribution is -2.50. The van der Waals surface area contributed by atoms with Crippen molar-refractivity contribution in [3.63, 3.8) is 0 Å². The standard InChI is InChI=1S/C23H30N4O3/c1-26-17-19(16-24-26)22(29)27-11-7-18(8-12-27)15-21(28)25-23(9-13-30-14-10-23)20-5-3-2-4-6-20/h2-6,16-18H,7-15H2,1H3,(H,25,28). The third-order valence-corrected chi connectivity index (χ3v) is 6.38. The average molecular weight is 411 g/mol. The van der Waals surface area contributed by atoms with Crippen LogP contribution in [0.2, 0.25) is 0 Å². The van der Waals surface area contributed by atoms with Crippen LogP contribution in [0.25, 0.3) is 0 Å². The minimum atomic E-state index is -0.340. The van der Waals surface area contributed by atoms with E-state index in [9.17, 15) is 9.59 Å². The highest BCUT2D eigenvalue weighted by molar-refractivity contribution is 5.93. The third-order valence-electron chi connectivity index (χ3n) is 6.38. The van der Waals surface area contributed by atoms with E-state index >= 15 is 0 Å². The zero-order chi connectivity index (χ0) is 21.0. The monoisotopic (exact) mass is 410 g/mol. The lowest BCUT2D eigenvalue weighted by Gasteiger charge is -2.39. The minimum Gasteiger partial charge on any atom is -0.381 e. The largest absolute Gasteiger partial charge is 0.381 e. The van der Waals surface area contributed by atoms with Crippen molar-refractivity contribution in [2.45, 2.75) is 37.6 Å². The highest BCUT2D eigenvalue weighted by Gasteiger charge is 2.36. The van der Waals surface area contributed by atoms with Crippen molar-refractivity contribution in [1.82, 2.24) is 20.0 Å². The summed E-state index contributed by atoms with van der Waals surface area (Å²) in [7, 11) is 1.81. The lowest BCUT2D eigenvalue weighted by molar-refractivity contribution is -0.125. The predicted octanol–water partition coefficient (Wildman–Crippen LogP) is 2.48. The number of piperidine rings is 1. The Morgan fingerprint density at radius 3 is 2.50 bits per heavy atom. The van der Waals surface area contributed by atoms with Crippen LogP contribution in [0.5, 0.6) is 0 Å². The summed E-state index contributed by atoms with van der Waals surface area (Å²) in [4.78, 5) is 27.4. The van der Waals surface area contributed by atoms with Crippen LogP contribution in [0.3, 0.4) is 0 Å². The van der Waals surface area contributed by atoms with Crippen LogP contribution in [0.15, 0.2) is 42.7 Å². The molecule has 4 rings (SSSR count). The lowest BCUT2D eigenvalue weighted by atomic mass is 9.82. The second kappa shape index (κ2) is 9.00. The molecule has 0 atom stereocenters. The smallest absolute Gasteiger partial charge is 0.257 e. The van der Waals surface area contributed by atoms with Crippen LogP contribution >= 0.6 is 0 Å². The third kappa shape index (κ3) is 4.56. The van der Waals surface area contributed by atoms with Gasteiger partial charge in [-0.15, -0.1) is 0 Å². The van der Waals surface area contributed by atoms with E-state index in [1.165, 1.54) is 0 Å². The van der Waals surface area contributed by atoms with E-state index in [0.717, 1.165) is 31.2 Å². The second-order valence-electron chi connectivity index (χ2n) is 8.45. The van der Waals surface area contributed by atoms with Crippen molar-refractivity contribution >= 4 is 11.8 Å². The first-order chi connectivity index (χ1) is 14.6. The summed E-state index contributed by atoms with van der Waals surface area (Å²) in [6.45, 7) is 2.68. The number of likely N-dealkylation sites (tertiary alicyclic amines) is 1. The number of carbonyl (C=O) groups excluding carboxylic acids is 2. The molecule has 7 heteroatoms. The molecule has 160 valence electrons. The fourth-order valence-electron chi connectivity index (χ4n) is 4.60. The van der Waals surface area contributed by atoms with E-state index in [1.54, 1.807) is 17.1 Å². The van der Waals surface area contributed by atoms with Gasteiger partial charge >= 0.3 is 0 Å². The fraction of sp³-hybridized carbons (Fsp3) is 0.522. The molecule has 0 unspecified atom stereocenters. The Kier molecular flexibility index (Phi) is 6.18. The summed E-state index contributed by atoms with van der Waals surface area (Å²) in [6.07, 6.45) is 7.14. The number of aryl methyl sites for hydroxylation is 1. The fourth-order valence-corrected chi connectivity index (χ4v) is 4.60. The van der Waals surface area contributed by atoms with Gasteiger partial charge in [-0.05, 0) is 37.2 Å². The predicted molar refractivity (Wildman–Crippen MR) is 113 cm³/mol. The van der Waals surface area contributed by atoms with Crippen LogP contribution in [0.4, 0.5) is 0 Å². The van der Waals surface area contributed by atoms with Gasteiger partial charge in [-0.25, -0.2) is 0 Å². The highest BCUT2D eigenvalue weighted by atomic mass is 16.5.